The number of amidine groups is 1. The maximum atomic E-state index is 12.9. The van der Waals surface area contributed by atoms with Crippen LogP contribution in [0.4, 0.5) is 5.69 Å². The fourth-order valence-corrected chi connectivity index (χ4v) is 5.73. The van der Waals surface area contributed by atoms with Crippen LogP contribution in [0.5, 0.6) is 0 Å². The lowest BCUT2D eigenvalue weighted by Gasteiger charge is -2.26. The second-order valence-electron chi connectivity index (χ2n) is 8.08. The first-order valence-corrected chi connectivity index (χ1v) is 11.7. The number of carbonyl (C=O) groups is 1. The van der Waals surface area contributed by atoms with E-state index in [1.54, 1.807) is 11.8 Å². The van der Waals surface area contributed by atoms with Crippen molar-refractivity contribution in [3.05, 3.63) is 28.3 Å². The summed E-state index contributed by atoms with van der Waals surface area (Å²) in [6.07, 6.45) is 7.63. The average molecular weight is 414 g/mol. The van der Waals surface area contributed by atoms with E-state index in [9.17, 15) is 4.79 Å². The Kier molecular flexibility index (Phi) is 5.02. The number of nitrogens with one attached hydrogen (secondary N) is 1. The van der Waals surface area contributed by atoms with E-state index in [-0.39, 0.29) is 12.5 Å². The molecule has 2 aliphatic carbocycles. The Labute approximate surface area is 175 Å². The van der Waals surface area contributed by atoms with Crippen molar-refractivity contribution in [1.29, 1.82) is 0 Å². The van der Waals surface area contributed by atoms with Gasteiger partial charge in [0.05, 0.1) is 6.61 Å². The van der Waals surface area contributed by atoms with Gasteiger partial charge in [0.25, 0.3) is 11.6 Å². The maximum absolute atomic E-state index is 12.9. The first-order valence-electron chi connectivity index (χ1n) is 10.7. The number of hydrogen-bond donors (Lipinski definition) is 1. The SMILES string of the molecule is CCCOC(=O)C1(C2=NCCS2)CN=C(Nc2c3c(cc4c2CCC4)CCC3)O1. The molecule has 2 aliphatic heterocycles. The number of esters is 1. The van der Waals surface area contributed by atoms with E-state index in [0.717, 1.165) is 37.9 Å². The standard InChI is InChI=1S/C22H27N3O3S/c1-2-10-27-20(26)22(19-23-9-11-29-19)13-24-21(28-22)25-18-16-7-3-5-14(16)12-15-6-4-8-17(15)18/h12H,2-11,13H2,1H3,(H,24,25). The van der Waals surface area contributed by atoms with Crippen molar-refractivity contribution >= 4 is 34.5 Å². The van der Waals surface area contributed by atoms with Crippen molar-refractivity contribution in [1.82, 2.24) is 0 Å². The van der Waals surface area contributed by atoms with Crippen LogP contribution in [0, 0.1) is 0 Å². The summed E-state index contributed by atoms with van der Waals surface area (Å²) < 4.78 is 11.7. The highest BCUT2D eigenvalue weighted by Crippen LogP contribution is 2.39. The summed E-state index contributed by atoms with van der Waals surface area (Å²) >= 11 is 1.57. The van der Waals surface area contributed by atoms with E-state index in [2.05, 4.69) is 21.4 Å². The van der Waals surface area contributed by atoms with E-state index in [1.807, 2.05) is 6.92 Å². The van der Waals surface area contributed by atoms with Gasteiger partial charge in [-0.3, -0.25) is 4.99 Å². The Morgan fingerprint density at radius 2 is 1.97 bits per heavy atom. The van der Waals surface area contributed by atoms with Gasteiger partial charge in [0.1, 0.15) is 11.6 Å². The number of fused-ring (bicyclic) bond motifs is 2. The Morgan fingerprint density at radius 3 is 2.62 bits per heavy atom. The molecule has 6 nitrogen and oxygen atoms in total. The topological polar surface area (TPSA) is 72.3 Å². The zero-order chi connectivity index (χ0) is 19.8. The third-order valence-electron chi connectivity index (χ3n) is 6.12. The lowest BCUT2D eigenvalue weighted by atomic mass is 9.99. The maximum Gasteiger partial charge on any atom is 0.359 e. The molecule has 0 spiro atoms. The molecule has 7 heteroatoms. The highest BCUT2D eigenvalue weighted by atomic mass is 32.2. The molecule has 154 valence electrons. The number of aliphatic imine (C=N–C) groups is 2. The molecule has 0 bridgehead atoms. The van der Waals surface area contributed by atoms with Gasteiger partial charge in [-0.2, -0.15) is 0 Å². The fraction of sp³-hybridized carbons (Fsp3) is 0.591. The molecule has 1 unspecified atom stereocenters. The quantitative estimate of drug-likeness (QED) is 0.750. The van der Waals surface area contributed by atoms with E-state index < -0.39 is 5.60 Å². The minimum atomic E-state index is -1.22. The van der Waals surface area contributed by atoms with Crippen LogP contribution in [0.3, 0.4) is 0 Å². The van der Waals surface area contributed by atoms with Crippen molar-refractivity contribution < 1.29 is 14.3 Å². The van der Waals surface area contributed by atoms with Crippen LogP contribution >= 0.6 is 11.8 Å². The van der Waals surface area contributed by atoms with Crippen LogP contribution in [0.1, 0.15) is 48.4 Å². The van der Waals surface area contributed by atoms with Crippen LogP contribution in [0.15, 0.2) is 16.1 Å². The van der Waals surface area contributed by atoms with Gasteiger partial charge < -0.3 is 14.8 Å². The van der Waals surface area contributed by atoms with E-state index >= 15 is 0 Å². The second-order valence-corrected chi connectivity index (χ2v) is 9.16. The number of aryl methyl sites for hydroxylation is 2. The zero-order valence-electron chi connectivity index (χ0n) is 16.9. The molecule has 29 heavy (non-hydrogen) atoms. The second kappa shape index (κ2) is 7.67. The van der Waals surface area contributed by atoms with Crippen molar-refractivity contribution in [2.24, 2.45) is 9.98 Å². The molecule has 0 amide bonds. The summed E-state index contributed by atoms with van der Waals surface area (Å²) in [6.45, 7) is 3.29. The molecule has 5 rings (SSSR count). The average Bonchev–Trinajstić information content (AvgIpc) is 3.52. The largest absolute Gasteiger partial charge is 0.462 e. The van der Waals surface area contributed by atoms with Crippen LogP contribution in [0.2, 0.25) is 0 Å². The van der Waals surface area contributed by atoms with Gasteiger partial charge in [-0.15, -0.1) is 11.8 Å². The van der Waals surface area contributed by atoms with Crippen LogP contribution in [0.25, 0.3) is 0 Å². The molecule has 0 fully saturated rings. The van der Waals surface area contributed by atoms with Gasteiger partial charge in [0.15, 0.2) is 0 Å². The summed E-state index contributed by atoms with van der Waals surface area (Å²) in [6, 6.07) is 2.83. The molecule has 4 aliphatic rings. The van der Waals surface area contributed by atoms with Crippen molar-refractivity contribution in [2.45, 2.75) is 57.5 Å². The molecular formula is C22H27N3O3S. The number of carbonyl (C=O) groups excluding carboxylic acids is 1. The van der Waals surface area contributed by atoms with E-state index in [1.165, 1.54) is 40.8 Å². The van der Waals surface area contributed by atoms with Gasteiger partial charge in [0, 0.05) is 18.0 Å². The summed E-state index contributed by atoms with van der Waals surface area (Å²) in [7, 11) is 0. The highest BCUT2D eigenvalue weighted by Gasteiger charge is 2.53. The lowest BCUT2D eigenvalue weighted by molar-refractivity contribution is -0.155. The molecule has 2 heterocycles. The van der Waals surface area contributed by atoms with Gasteiger partial charge >= 0.3 is 5.97 Å². The summed E-state index contributed by atoms with van der Waals surface area (Å²) in [4.78, 5) is 22.1. The van der Waals surface area contributed by atoms with E-state index in [0.29, 0.717) is 24.2 Å². The van der Waals surface area contributed by atoms with Gasteiger partial charge in [0.2, 0.25) is 0 Å². The number of anilines is 1. The summed E-state index contributed by atoms with van der Waals surface area (Å²) in [5, 5.41) is 4.18. The Hall–Kier alpha value is -2.02. The fourth-order valence-electron chi connectivity index (χ4n) is 4.75. The smallest absolute Gasteiger partial charge is 0.359 e. The summed E-state index contributed by atoms with van der Waals surface area (Å²) in [5.41, 5.74) is 5.66. The van der Waals surface area contributed by atoms with Gasteiger partial charge in [-0.1, -0.05) is 13.0 Å². The predicted octanol–water partition coefficient (Wildman–Crippen LogP) is 3.30. The molecular weight excluding hydrogens is 386 g/mol. The summed E-state index contributed by atoms with van der Waals surface area (Å²) in [5.74, 6) is 0.487. The van der Waals surface area contributed by atoms with Crippen LogP contribution in [-0.4, -0.2) is 48.1 Å². The molecule has 1 aromatic carbocycles. The highest BCUT2D eigenvalue weighted by molar-refractivity contribution is 8.14. The molecule has 0 radical (unpaired) electrons. The lowest BCUT2D eigenvalue weighted by Crippen LogP contribution is -2.50. The molecule has 0 aromatic heterocycles. The molecule has 0 saturated heterocycles. The van der Waals surface area contributed by atoms with Gasteiger partial charge in [-0.25, -0.2) is 9.79 Å². The van der Waals surface area contributed by atoms with Gasteiger partial charge in [-0.05, 0) is 67.2 Å². The first-order chi connectivity index (χ1) is 14.2. The molecule has 1 aromatic rings. The monoisotopic (exact) mass is 413 g/mol. The van der Waals surface area contributed by atoms with Crippen LogP contribution < -0.4 is 5.32 Å². The minimum absolute atomic E-state index is 0.223. The molecule has 1 atom stereocenters. The van der Waals surface area contributed by atoms with Crippen LogP contribution in [-0.2, 0) is 40.0 Å². The number of thioether (sulfide) groups is 1. The number of rotatable bonds is 5. The minimum Gasteiger partial charge on any atom is -0.462 e. The Morgan fingerprint density at radius 1 is 1.21 bits per heavy atom. The number of hydrogen-bond acceptors (Lipinski definition) is 7. The third kappa shape index (κ3) is 3.23. The Bertz CT molecular complexity index is 879. The number of benzene rings is 1. The number of ether oxygens (including phenoxy) is 2. The third-order valence-corrected chi connectivity index (χ3v) is 7.24. The van der Waals surface area contributed by atoms with Crippen molar-refractivity contribution in [2.75, 3.05) is 30.8 Å². The predicted molar refractivity (Wildman–Crippen MR) is 116 cm³/mol. The first kappa shape index (κ1) is 19.0. The van der Waals surface area contributed by atoms with Crippen molar-refractivity contribution in [3.63, 3.8) is 0 Å². The number of nitrogens with zero attached hydrogens (tertiary/aromatic N) is 2. The normalized spacial score (nSPS) is 24.6. The molecule has 1 N–H and O–H groups in total. The zero-order valence-corrected chi connectivity index (χ0v) is 17.7. The van der Waals surface area contributed by atoms with E-state index in [4.69, 9.17) is 9.47 Å². The molecule has 0 saturated carbocycles. The Balaban J connectivity index is 1.42. The van der Waals surface area contributed by atoms with Crippen molar-refractivity contribution in [3.8, 4) is 0 Å².